The molecule has 0 saturated heterocycles. The second-order valence-electron chi connectivity index (χ2n) is 19.1. The van der Waals surface area contributed by atoms with Gasteiger partial charge in [-0.1, -0.05) is 273 Å². The van der Waals surface area contributed by atoms with Crippen LogP contribution in [0.25, 0.3) is 111 Å². The van der Waals surface area contributed by atoms with E-state index in [-0.39, 0.29) is 0 Å². The van der Waals surface area contributed by atoms with Gasteiger partial charge in [-0.3, -0.25) is 0 Å². The molecule has 13 rings (SSSR count). The second kappa shape index (κ2) is 20.0. The molecule has 352 valence electrons. The van der Waals surface area contributed by atoms with Gasteiger partial charge < -0.3 is 4.90 Å². The predicted molar refractivity (Wildman–Crippen MR) is 320 cm³/mol. The van der Waals surface area contributed by atoms with Gasteiger partial charge in [0, 0.05) is 22.5 Å². The minimum absolute atomic E-state index is 1.07. The highest BCUT2D eigenvalue weighted by molar-refractivity contribution is 6.22. The molecule has 0 fully saturated rings. The lowest BCUT2D eigenvalue weighted by Gasteiger charge is -2.30. The lowest BCUT2D eigenvalue weighted by Crippen LogP contribution is -2.12. The Bertz CT molecular complexity index is 4040. The Kier molecular flexibility index (Phi) is 12.0. The summed E-state index contributed by atoms with van der Waals surface area (Å²) in [5.74, 6) is 0. The van der Waals surface area contributed by atoms with E-state index in [1.165, 1.54) is 77.2 Å². The first-order chi connectivity index (χ1) is 37.2. The number of benzene rings is 13. The standard InChI is InChI=1S/C74H51N/c1-7-22-54(23-8-1)64-48-42-60(50-70(64)57-28-13-4-14-29-57)52-38-44-62(45-39-52)75(74-65(55-24-9-2-10-25-55)36-21-37-66(74)56-26-11-3-12-27-56)63-46-40-53(41-47-63)61-43-49-69-71(51-61)67-34-19-20-35-68(67)72(58-30-15-5-16-31-58)73(69)59-32-17-6-18-33-59/h1-51H. The summed E-state index contributed by atoms with van der Waals surface area (Å²) in [6, 6.07) is 113. The molecule has 13 aromatic carbocycles. The molecule has 0 bridgehead atoms. The number of para-hydroxylation sites is 1. The first-order valence-corrected chi connectivity index (χ1v) is 25.8. The van der Waals surface area contributed by atoms with Crippen molar-refractivity contribution in [3.8, 4) is 89.0 Å². The van der Waals surface area contributed by atoms with Crippen LogP contribution in [-0.4, -0.2) is 0 Å². The smallest absolute Gasteiger partial charge is 0.0618 e. The Labute approximate surface area is 439 Å². The van der Waals surface area contributed by atoms with Crippen LogP contribution in [0.2, 0.25) is 0 Å². The normalized spacial score (nSPS) is 11.2. The summed E-state index contributed by atoms with van der Waals surface area (Å²) in [5, 5.41) is 4.97. The van der Waals surface area contributed by atoms with Crippen molar-refractivity contribution in [1.82, 2.24) is 0 Å². The molecule has 1 nitrogen and oxygen atoms in total. The average Bonchev–Trinajstić information content (AvgIpc) is 3.50. The Hall–Kier alpha value is -9.82. The van der Waals surface area contributed by atoms with E-state index < -0.39 is 0 Å². The minimum atomic E-state index is 1.07. The maximum atomic E-state index is 2.46. The number of fused-ring (bicyclic) bond motifs is 3. The monoisotopic (exact) mass is 953 g/mol. The summed E-state index contributed by atoms with van der Waals surface area (Å²) in [5.41, 5.74) is 22.3. The van der Waals surface area contributed by atoms with Crippen molar-refractivity contribution in [2.24, 2.45) is 0 Å². The van der Waals surface area contributed by atoms with Crippen molar-refractivity contribution in [1.29, 1.82) is 0 Å². The van der Waals surface area contributed by atoms with Gasteiger partial charge in [-0.25, -0.2) is 0 Å². The van der Waals surface area contributed by atoms with Crippen molar-refractivity contribution in [3.63, 3.8) is 0 Å². The highest BCUT2D eigenvalue weighted by Crippen LogP contribution is 2.49. The fraction of sp³-hybridized carbons (Fsp3) is 0. The maximum absolute atomic E-state index is 2.46. The predicted octanol–water partition coefficient (Wildman–Crippen LogP) is 20.8. The van der Waals surface area contributed by atoms with Crippen LogP contribution in [0.4, 0.5) is 17.1 Å². The lowest BCUT2D eigenvalue weighted by atomic mass is 9.84. The van der Waals surface area contributed by atoms with Crippen LogP contribution in [-0.2, 0) is 0 Å². The molecule has 0 spiro atoms. The van der Waals surface area contributed by atoms with Crippen LogP contribution in [0.1, 0.15) is 0 Å². The first-order valence-electron chi connectivity index (χ1n) is 25.8. The topological polar surface area (TPSA) is 3.24 Å². The fourth-order valence-electron chi connectivity index (χ4n) is 11.1. The van der Waals surface area contributed by atoms with Gasteiger partial charge in [0.2, 0.25) is 0 Å². The fourth-order valence-corrected chi connectivity index (χ4v) is 11.1. The van der Waals surface area contributed by atoms with Crippen molar-refractivity contribution < 1.29 is 0 Å². The molecule has 0 saturated carbocycles. The molecule has 0 unspecified atom stereocenters. The van der Waals surface area contributed by atoms with E-state index in [1.54, 1.807) is 0 Å². The van der Waals surface area contributed by atoms with Gasteiger partial charge in [-0.05, 0) is 136 Å². The van der Waals surface area contributed by atoms with E-state index in [2.05, 4.69) is 314 Å². The van der Waals surface area contributed by atoms with Crippen molar-refractivity contribution >= 4 is 38.6 Å². The van der Waals surface area contributed by atoms with Crippen LogP contribution in [0.3, 0.4) is 0 Å². The Morgan fingerprint density at radius 3 is 0.987 bits per heavy atom. The number of hydrogen-bond donors (Lipinski definition) is 0. The third-order valence-electron chi connectivity index (χ3n) is 14.7. The largest absolute Gasteiger partial charge is 0.309 e. The molecule has 75 heavy (non-hydrogen) atoms. The first kappa shape index (κ1) is 45.1. The second-order valence-corrected chi connectivity index (χ2v) is 19.1. The van der Waals surface area contributed by atoms with Crippen LogP contribution in [0, 0.1) is 0 Å². The van der Waals surface area contributed by atoms with E-state index in [1.807, 2.05) is 0 Å². The van der Waals surface area contributed by atoms with Crippen molar-refractivity contribution in [2.45, 2.75) is 0 Å². The van der Waals surface area contributed by atoms with Gasteiger partial charge in [0.15, 0.2) is 0 Å². The summed E-state index contributed by atoms with van der Waals surface area (Å²) in [6.07, 6.45) is 0. The van der Waals surface area contributed by atoms with E-state index in [0.29, 0.717) is 0 Å². The highest BCUT2D eigenvalue weighted by atomic mass is 15.1. The summed E-state index contributed by atoms with van der Waals surface area (Å²) < 4.78 is 0. The number of rotatable bonds is 11. The zero-order chi connectivity index (χ0) is 49.9. The van der Waals surface area contributed by atoms with E-state index in [0.717, 1.165) is 50.4 Å². The third-order valence-corrected chi connectivity index (χ3v) is 14.7. The molecular formula is C74H51N. The number of hydrogen-bond acceptors (Lipinski definition) is 1. The van der Waals surface area contributed by atoms with E-state index in [9.17, 15) is 0 Å². The van der Waals surface area contributed by atoms with Crippen LogP contribution in [0.5, 0.6) is 0 Å². The van der Waals surface area contributed by atoms with Crippen molar-refractivity contribution in [2.75, 3.05) is 4.90 Å². The molecular weight excluding hydrogens is 903 g/mol. The molecule has 0 amide bonds. The van der Waals surface area contributed by atoms with Crippen LogP contribution >= 0.6 is 0 Å². The molecule has 0 aliphatic heterocycles. The zero-order valence-corrected chi connectivity index (χ0v) is 41.4. The Morgan fingerprint density at radius 2 is 0.520 bits per heavy atom. The summed E-state index contributed by atoms with van der Waals surface area (Å²) >= 11 is 0. The van der Waals surface area contributed by atoms with Gasteiger partial charge in [0.1, 0.15) is 0 Å². The molecule has 0 aliphatic rings. The van der Waals surface area contributed by atoms with Gasteiger partial charge in [0.25, 0.3) is 0 Å². The molecule has 0 heterocycles. The highest BCUT2D eigenvalue weighted by Gasteiger charge is 2.23. The van der Waals surface area contributed by atoms with Gasteiger partial charge in [0.05, 0.1) is 5.69 Å². The third kappa shape index (κ3) is 8.67. The zero-order valence-electron chi connectivity index (χ0n) is 41.4. The summed E-state index contributed by atoms with van der Waals surface area (Å²) in [6.45, 7) is 0. The lowest BCUT2D eigenvalue weighted by molar-refractivity contribution is 1.28. The quantitative estimate of drug-likeness (QED) is 0.117. The number of nitrogens with zero attached hydrogens (tertiary/aromatic N) is 1. The van der Waals surface area contributed by atoms with E-state index in [4.69, 9.17) is 0 Å². The molecule has 13 aromatic rings. The van der Waals surface area contributed by atoms with Crippen LogP contribution < -0.4 is 4.90 Å². The molecule has 1 heteroatoms. The maximum Gasteiger partial charge on any atom is 0.0618 e. The average molecular weight is 954 g/mol. The number of anilines is 3. The van der Waals surface area contributed by atoms with Crippen molar-refractivity contribution in [3.05, 3.63) is 309 Å². The Balaban J connectivity index is 0.961. The molecule has 0 radical (unpaired) electrons. The van der Waals surface area contributed by atoms with Crippen LogP contribution in [0.15, 0.2) is 309 Å². The summed E-state index contributed by atoms with van der Waals surface area (Å²) in [4.78, 5) is 2.46. The van der Waals surface area contributed by atoms with E-state index >= 15 is 0 Å². The van der Waals surface area contributed by atoms with Gasteiger partial charge in [-0.2, -0.15) is 0 Å². The van der Waals surface area contributed by atoms with Gasteiger partial charge in [-0.15, -0.1) is 0 Å². The minimum Gasteiger partial charge on any atom is -0.309 e. The molecule has 0 N–H and O–H groups in total. The van der Waals surface area contributed by atoms with Gasteiger partial charge >= 0.3 is 0 Å². The Morgan fingerprint density at radius 1 is 0.173 bits per heavy atom. The summed E-state index contributed by atoms with van der Waals surface area (Å²) in [7, 11) is 0. The molecule has 0 atom stereocenters. The molecule has 0 aliphatic carbocycles. The SMILES string of the molecule is c1ccc(-c2ccc(-c3ccc(N(c4ccc(-c5ccc6c(-c7ccccc7)c(-c7ccccc7)c7ccccc7c6c5)cc4)c4c(-c5ccccc5)cccc4-c4ccccc4)cc3)cc2-c2ccccc2)cc1. The molecule has 0 aromatic heterocycles.